The molecule has 4 rings (SSSR count). The first-order valence-corrected chi connectivity index (χ1v) is 18.1. The van der Waals surface area contributed by atoms with Crippen molar-refractivity contribution in [3.63, 3.8) is 0 Å². The smallest absolute Gasteiger partial charge is 0.246 e. The number of thioether (sulfide) groups is 1. The fourth-order valence-electron chi connectivity index (χ4n) is 6.33. The number of unbranched alkanes of at least 4 members (excludes halogenated alkanes) is 2. The van der Waals surface area contributed by atoms with Crippen LogP contribution in [0.5, 0.6) is 0 Å². The van der Waals surface area contributed by atoms with Crippen molar-refractivity contribution in [2.75, 3.05) is 37.4 Å². The Hall–Kier alpha value is -3.45. The lowest BCUT2D eigenvalue weighted by atomic mass is 9.81. The van der Waals surface area contributed by atoms with Crippen molar-refractivity contribution in [1.82, 2.24) is 20.9 Å². The van der Waals surface area contributed by atoms with E-state index in [0.29, 0.717) is 63.4 Å². The van der Waals surface area contributed by atoms with Gasteiger partial charge in [0.15, 0.2) is 0 Å². The quantitative estimate of drug-likeness (QED) is 0.137. The summed E-state index contributed by atoms with van der Waals surface area (Å²) in [5, 5.41) is 10.9. The number of likely N-dealkylation sites (tertiary alicyclic amines) is 1. The van der Waals surface area contributed by atoms with Gasteiger partial charge < -0.3 is 26.0 Å². The van der Waals surface area contributed by atoms with Gasteiger partial charge >= 0.3 is 0 Å². The van der Waals surface area contributed by atoms with Gasteiger partial charge in [0.2, 0.25) is 35.4 Å². The van der Waals surface area contributed by atoms with Gasteiger partial charge in [-0.05, 0) is 75.7 Å². The third-order valence-electron chi connectivity index (χ3n) is 9.05. The van der Waals surface area contributed by atoms with Crippen molar-refractivity contribution in [3.05, 3.63) is 30.3 Å². The molecule has 2 heterocycles. The molecule has 4 N–H and O–H groups in total. The summed E-state index contributed by atoms with van der Waals surface area (Å²) in [5.41, 5.74) is 0.635. The van der Waals surface area contributed by atoms with Crippen LogP contribution in [0, 0.1) is 11.8 Å². The van der Waals surface area contributed by atoms with Crippen LogP contribution >= 0.6 is 11.8 Å². The number of hydrogen-bond acceptors (Lipinski definition) is 8. The van der Waals surface area contributed by atoms with Crippen LogP contribution in [0.3, 0.4) is 0 Å². The number of para-hydroxylation sites is 1. The molecule has 3 atom stereocenters. The average molecular weight is 672 g/mol. The van der Waals surface area contributed by atoms with Gasteiger partial charge in [0.25, 0.3) is 0 Å². The maximum atomic E-state index is 13.1. The largest absolute Gasteiger partial charge is 0.380 e. The minimum Gasteiger partial charge on any atom is -0.380 e. The molecule has 0 spiro atoms. The Labute approximate surface area is 281 Å². The zero-order valence-corrected chi connectivity index (χ0v) is 28.1. The number of hydrogen-bond donors (Lipinski definition) is 4. The number of carbonyl (C=O) groups excluding carboxylic acids is 6. The summed E-state index contributed by atoms with van der Waals surface area (Å²) in [6, 6.07) is 7.66. The van der Waals surface area contributed by atoms with Crippen molar-refractivity contribution in [2.24, 2.45) is 11.8 Å². The second kappa shape index (κ2) is 18.8. The van der Waals surface area contributed by atoms with E-state index in [2.05, 4.69) is 21.3 Å². The molecule has 3 fully saturated rings. The lowest BCUT2D eigenvalue weighted by molar-refractivity contribution is -0.139. The molecule has 2 saturated heterocycles. The molecule has 1 saturated carbocycles. The fraction of sp³-hybridized carbons (Fsp3) is 0.647. The van der Waals surface area contributed by atoms with Gasteiger partial charge in [-0.3, -0.25) is 33.7 Å². The van der Waals surface area contributed by atoms with E-state index in [1.54, 1.807) is 12.1 Å². The molecule has 47 heavy (non-hydrogen) atoms. The molecule has 0 aromatic heterocycles. The van der Waals surface area contributed by atoms with Crippen molar-refractivity contribution in [1.29, 1.82) is 0 Å². The Balaban J connectivity index is 1.15. The van der Waals surface area contributed by atoms with Crippen LogP contribution in [0.1, 0.15) is 77.6 Å². The van der Waals surface area contributed by atoms with Crippen molar-refractivity contribution < 1.29 is 33.5 Å². The average Bonchev–Trinajstić information content (AvgIpc) is 3.62. The molecule has 1 unspecified atom stereocenters. The Morgan fingerprint density at radius 2 is 1.77 bits per heavy atom. The van der Waals surface area contributed by atoms with Crippen LogP contribution in [0.4, 0.5) is 5.69 Å². The summed E-state index contributed by atoms with van der Waals surface area (Å²) in [6.07, 6.45) is 6.78. The number of rotatable bonds is 18. The van der Waals surface area contributed by atoms with E-state index in [-0.39, 0.29) is 58.9 Å². The first-order valence-electron chi connectivity index (χ1n) is 17.0. The van der Waals surface area contributed by atoms with Gasteiger partial charge in [0.05, 0.1) is 11.9 Å². The Bertz CT molecular complexity index is 1240. The summed E-state index contributed by atoms with van der Waals surface area (Å²) < 4.78 is 5.27. The van der Waals surface area contributed by atoms with Gasteiger partial charge in [0, 0.05) is 44.1 Å². The van der Waals surface area contributed by atoms with E-state index in [0.717, 1.165) is 38.5 Å². The van der Waals surface area contributed by atoms with E-state index in [4.69, 9.17) is 4.74 Å². The molecule has 13 heteroatoms. The van der Waals surface area contributed by atoms with Crippen LogP contribution in [0.2, 0.25) is 0 Å². The molecule has 258 valence electrons. The van der Waals surface area contributed by atoms with Crippen molar-refractivity contribution in [3.8, 4) is 0 Å². The number of anilines is 1. The summed E-state index contributed by atoms with van der Waals surface area (Å²) in [5.74, 6) is -0.118. The predicted molar refractivity (Wildman–Crippen MR) is 179 cm³/mol. The SMILES string of the molecule is CCOCCNC(=O)C1CCC(CN2C(=O)CC(SCCCCC[C@H](NC(=O)[C@H]3CCC(=O)N3)C(=O)Nc3ccccc3)C2=O)CC1. The molecule has 0 radical (unpaired) electrons. The standard InChI is InChI=1S/C34H49N5O7S/c1-2-46-19-18-35-31(42)24-14-12-23(13-15-24)22-39-30(41)21-28(34(39)45)47-20-8-4-7-11-26(32(43)36-25-9-5-3-6-10-25)38-33(44)27-16-17-29(40)37-27/h3,5-6,9-10,23-24,26-28H,2,4,7-8,11-22H2,1H3,(H,35,42)(H,36,43)(H,37,40)(H,38,44)/t23?,24?,26-,27+,28?/m0/s1. The fourth-order valence-corrected chi connectivity index (χ4v) is 7.52. The minimum atomic E-state index is -0.750. The molecule has 1 aliphatic carbocycles. The lowest BCUT2D eigenvalue weighted by Gasteiger charge is -2.30. The second-order valence-electron chi connectivity index (χ2n) is 12.5. The zero-order valence-electron chi connectivity index (χ0n) is 27.3. The first kappa shape index (κ1) is 36.4. The highest BCUT2D eigenvalue weighted by Crippen LogP contribution is 2.33. The van der Waals surface area contributed by atoms with E-state index >= 15 is 0 Å². The molecular formula is C34H49N5O7S. The van der Waals surface area contributed by atoms with Crippen LogP contribution in [-0.4, -0.2) is 89.7 Å². The first-order chi connectivity index (χ1) is 22.7. The number of amides is 6. The Morgan fingerprint density at radius 1 is 1.00 bits per heavy atom. The van der Waals surface area contributed by atoms with E-state index in [1.165, 1.54) is 16.7 Å². The molecule has 1 aromatic carbocycles. The monoisotopic (exact) mass is 671 g/mol. The summed E-state index contributed by atoms with van der Waals surface area (Å²) in [4.78, 5) is 77.1. The second-order valence-corrected chi connectivity index (χ2v) is 13.8. The Kier molecular flexibility index (Phi) is 14.5. The lowest BCUT2D eigenvalue weighted by Crippen LogP contribution is -2.50. The van der Waals surface area contributed by atoms with Crippen molar-refractivity contribution in [2.45, 2.75) is 94.9 Å². The van der Waals surface area contributed by atoms with Crippen LogP contribution in [0.25, 0.3) is 0 Å². The van der Waals surface area contributed by atoms with E-state index in [9.17, 15) is 28.8 Å². The number of carbonyl (C=O) groups is 6. The Morgan fingerprint density at radius 3 is 2.47 bits per heavy atom. The van der Waals surface area contributed by atoms with Gasteiger partial charge in [0.1, 0.15) is 12.1 Å². The molecule has 6 amide bonds. The third kappa shape index (κ3) is 11.3. The van der Waals surface area contributed by atoms with Gasteiger partial charge in [-0.25, -0.2) is 0 Å². The topological polar surface area (TPSA) is 163 Å². The van der Waals surface area contributed by atoms with E-state index < -0.39 is 12.1 Å². The summed E-state index contributed by atoms with van der Waals surface area (Å²) >= 11 is 1.51. The maximum absolute atomic E-state index is 13.1. The van der Waals surface area contributed by atoms with Crippen LogP contribution < -0.4 is 21.3 Å². The molecule has 2 aliphatic heterocycles. The van der Waals surface area contributed by atoms with Gasteiger partial charge in [-0.2, -0.15) is 0 Å². The number of imide groups is 1. The highest BCUT2D eigenvalue weighted by Gasteiger charge is 2.40. The highest BCUT2D eigenvalue weighted by atomic mass is 32.2. The number of nitrogens with one attached hydrogen (secondary N) is 4. The zero-order chi connectivity index (χ0) is 33.6. The van der Waals surface area contributed by atoms with E-state index in [1.807, 2.05) is 25.1 Å². The summed E-state index contributed by atoms with van der Waals surface area (Å²) in [7, 11) is 0. The number of nitrogens with zero attached hydrogens (tertiary/aromatic N) is 1. The summed E-state index contributed by atoms with van der Waals surface area (Å²) in [6.45, 7) is 3.99. The molecule has 3 aliphatic rings. The number of benzene rings is 1. The molecule has 0 bridgehead atoms. The minimum absolute atomic E-state index is 0.0269. The molecule has 12 nitrogen and oxygen atoms in total. The third-order valence-corrected chi connectivity index (χ3v) is 10.3. The van der Waals surface area contributed by atoms with Gasteiger partial charge in [-0.1, -0.05) is 31.0 Å². The molecule has 1 aromatic rings. The molecular weight excluding hydrogens is 622 g/mol. The van der Waals surface area contributed by atoms with Crippen molar-refractivity contribution >= 4 is 52.9 Å². The predicted octanol–water partition coefficient (Wildman–Crippen LogP) is 2.77. The van der Waals surface area contributed by atoms with Crippen LogP contribution in [0.15, 0.2) is 30.3 Å². The maximum Gasteiger partial charge on any atom is 0.246 e. The van der Waals surface area contributed by atoms with Crippen LogP contribution in [-0.2, 0) is 33.5 Å². The van der Waals surface area contributed by atoms with Gasteiger partial charge in [-0.15, -0.1) is 11.8 Å². The number of ether oxygens (including phenoxy) is 1. The normalized spacial score (nSPS) is 23.3. The highest BCUT2D eigenvalue weighted by molar-refractivity contribution is 8.00.